The van der Waals surface area contributed by atoms with E-state index in [2.05, 4.69) is 14.9 Å². The molecule has 2 aromatic rings. The monoisotopic (exact) mass is 264 g/mol. The van der Waals surface area contributed by atoms with Gasteiger partial charge < -0.3 is 15.6 Å². The highest BCUT2D eigenvalue weighted by atomic mass is 35.5. The Morgan fingerprint density at radius 1 is 1.44 bits per heavy atom. The average molecular weight is 265 g/mol. The lowest BCUT2D eigenvalue weighted by Gasteiger charge is -2.11. The van der Waals surface area contributed by atoms with E-state index >= 15 is 0 Å². The first-order valence-corrected chi connectivity index (χ1v) is 6.30. The summed E-state index contributed by atoms with van der Waals surface area (Å²) < 4.78 is 2.06. The molecule has 1 aromatic heterocycles. The Labute approximate surface area is 112 Å². The zero-order valence-corrected chi connectivity index (χ0v) is 11.1. The minimum atomic E-state index is 0.595. The molecule has 0 aliphatic carbocycles. The van der Waals surface area contributed by atoms with Crippen LogP contribution in [0.25, 0.3) is 0 Å². The van der Waals surface area contributed by atoms with Crippen LogP contribution in [0.5, 0.6) is 0 Å². The summed E-state index contributed by atoms with van der Waals surface area (Å²) in [7, 11) is 0. The molecule has 4 nitrogen and oxygen atoms in total. The van der Waals surface area contributed by atoms with Gasteiger partial charge in [0.2, 0.25) is 0 Å². The fourth-order valence-corrected chi connectivity index (χ4v) is 1.96. The fourth-order valence-electron chi connectivity index (χ4n) is 1.80. The molecule has 0 unspecified atom stereocenters. The van der Waals surface area contributed by atoms with Crippen molar-refractivity contribution in [3.05, 3.63) is 41.4 Å². The number of rotatable bonds is 5. The predicted octanol–water partition coefficient (Wildman–Crippen LogP) is 2.93. The van der Waals surface area contributed by atoms with Gasteiger partial charge in [-0.3, -0.25) is 0 Å². The van der Waals surface area contributed by atoms with Crippen molar-refractivity contribution in [3.8, 4) is 0 Å². The van der Waals surface area contributed by atoms with Crippen LogP contribution in [0.1, 0.15) is 12.0 Å². The van der Waals surface area contributed by atoms with E-state index in [1.54, 1.807) is 6.20 Å². The van der Waals surface area contributed by atoms with Crippen LogP contribution in [0.15, 0.2) is 30.9 Å². The molecule has 18 heavy (non-hydrogen) atoms. The van der Waals surface area contributed by atoms with Crippen LogP contribution in [0, 0.1) is 6.92 Å². The highest BCUT2D eigenvalue weighted by Crippen LogP contribution is 2.26. The second-order valence-corrected chi connectivity index (χ2v) is 4.68. The third-order valence-corrected chi connectivity index (χ3v) is 3.14. The molecule has 1 heterocycles. The van der Waals surface area contributed by atoms with Crippen molar-refractivity contribution in [1.82, 2.24) is 9.55 Å². The standard InChI is InChI=1S/C13H17ClN4/c1-10-7-12(15)11(14)8-13(10)17-3-2-5-18-6-4-16-9-18/h4,6-9,17H,2-3,5,15H2,1H3. The van der Waals surface area contributed by atoms with Crippen LogP contribution in [-0.2, 0) is 6.54 Å². The van der Waals surface area contributed by atoms with Crippen molar-refractivity contribution in [1.29, 1.82) is 0 Å². The topological polar surface area (TPSA) is 55.9 Å². The Balaban J connectivity index is 1.85. The van der Waals surface area contributed by atoms with Crippen molar-refractivity contribution in [2.75, 3.05) is 17.6 Å². The molecule has 0 aliphatic heterocycles. The molecule has 1 aromatic carbocycles. The molecule has 0 saturated carbocycles. The number of aryl methyl sites for hydroxylation is 2. The number of benzene rings is 1. The molecule has 0 saturated heterocycles. The van der Waals surface area contributed by atoms with Gasteiger partial charge in [-0.05, 0) is 31.0 Å². The maximum atomic E-state index is 6.00. The molecular formula is C13H17ClN4. The number of imidazole rings is 1. The molecule has 2 rings (SSSR count). The van der Waals surface area contributed by atoms with Crippen LogP contribution in [-0.4, -0.2) is 16.1 Å². The van der Waals surface area contributed by atoms with Gasteiger partial charge in [-0.15, -0.1) is 0 Å². The number of nitrogens with zero attached hydrogens (tertiary/aromatic N) is 2. The van der Waals surface area contributed by atoms with Gasteiger partial charge in [-0.2, -0.15) is 0 Å². The van der Waals surface area contributed by atoms with E-state index in [4.69, 9.17) is 17.3 Å². The summed E-state index contributed by atoms with van der Waals surface area (Å²) in [5, 5.41) is 3.96. The third kappa shape index (κ3) is 3.17. The first-order chi connectivity index (χ1) is 8.66. The smallest absolute Gasteiger partial charge is 0.0945 e. The quantitative estimate of drug-likeness (QED) is 0.645. The van der Waals surface area contributed by atoms with Crippen molar-refractivity contribution >= 4 is 23.0 Å². The highest BCUT2D eigenvalue weighted by molar-refractivity contribution is 6.33. The van der Waals surface area contributed by atoms with E-state index in [0.717, 1.165) is 30.8 Å². The molecule has 3 N–H and O–H groups in total. The Morgan fingerprint density at radius 2 is 2.28 bits per heavy atom. The summed E-state index contributed by atoms with van der Waals surface area (Å²) in [4.78, 5) is 4.01. The Bertz CT molecular complexity index is 508. The molecule has 5 heteroatoms. The number of nitrogens with two attached hydrogens (primary N) is 1. The molecule has 0 aliphatic rings. The molecule has 96 valence electrons. The van der Waals surface area contributed by atoms with Gasteiger partial charge in [-0.25, -0.2) is 4.98 Å². The van der Waals surface area contributed by atoms with Crippen LogP contribution in [0.2, 0.25) is 5.02 Å². The number of halogens is 1. The van der Waals surface area contributed by atoms with Gasteiger partial charge >= 0.3 is 0 Å². The van der Waals surface area contributed by atoms with Crippen molar-refractivity contribution in [2.45, 2.75) is 19.9 Å². The normalized spacial score (nSPS) is 10.6. The number of nitrogens with one attached hydrogen (secondary N) is 1. The zero-order chi connectivity index (χ0) is 13.0. The number of hydrogen-bond acceptors (Lipinski definition) is 3. The van der Waals surface area contributed by atoms with Crippen LogP contribution in [0.4, 0.5) is 11.4 Å². The van der Waals surface area contributed by atoms with Crippen LogP contribution < -0.4 is 11.1 Å². The summed E-state index contributed by atoms with van der Waals surface area (Å²) in [6.45, 7) is 3.86. The molecule has 0 atom stereocenters. The lowest BCUT2D eigenvalue weighted by atomic mass is 10.1. The van der Waals surface area contributed by atoms with E-state index in [9.17, 15) is 0 Å². The summed E-state index contributed by atoms with van der Waals surface area (Å²) in [5.74, 6) is 0. The molecule has 0 fully saturated rings. The Kier molecular flexibility index (Phi) is 4.10. The number of aromatic nitrogens is 2. The largest absolute Gasteiger partial charge is 0.398 e. The molecule has 0 radical (unpaired) electrons. The Hall–Kier alpha value is -1.68. The van der Waals surface area contributed by atoms with Gasteiger partial charge in [0.25, 0.3) is 0 Å². The second-order valence-electron chi connectivity index (χ2n) is 4.27. The average Bonchev–Trinajstić information content (AvgIpc) is 2.84. The van der Waals surface area contributed by atoms with Crippen molar-refractivity contribution in [2.24, 2.45) is 0 Å². The van der Waals surface area contributed by atoms with E-state index in [-0.39, 0.29) is 0 Å². The fraction of sp³-hybridized carbons (Fsp3) is 0.308. The molecule has 0 spiro atoms. The summed E-state index contributed by atoms with van der Waals surface area (Å²) in [5.41, 5.74) is 8.51. The lowest BCUT2D eigenvalue weighted by molar-refractivity contribution is 0.660. The SMILES string of the molecule is Cc1cc(N)c(Cl)cc1NCCCn1ccnc1. The number of anilines is 2. The van der Waals surface area contributed by atoms with E-state index in [1.165, 1.54) is 0 Å². The molecule has 0 bridgehead atoms. The van der Waals surface area contributed by atoms with Gasteiger partial charge in [0.1, 0.15) is 0 Å². The van der Waals surface area contributed by atoms with E-state index in [1.807, 2.05) is 31.6 Å². The van der Waals surface area contributed by atoms with Crippen LogP contribution >= 0.6 is 11.6 Å². The minimum Gasteiger partial charge on any atom is -0.398 e. The highest BCUT2D eigenvalue weighted by Gasteiger charge is 2.02. The second kappa shape index (κ2) is 5.78. The maximum Gasteiger partial charge on any atom is 0.0945 e. The van der Waals surface area contributed by atoms with E-state index in [0.29, 0.717) is 10.7 Å². The first kappa shape index (κ1) is 12.8. The van der Waals surface area contributed by atoms with Crippen molar-refractivity contribution < 1.29 is 0 Å². The number of nitrogen functional groups attached to an aromatic ring is 1. The summed E-state index contributed by atoms with van der Waals surface area (Å²) in [6.07, 6.45) is 6.60. The molecular weight excluding hydrogens is 248 g/mol. The van der Waals surface area contributed by atoms with Gasteiger partial charge in [0.05, 0.1) is 17.0 Å². The predicted molar refractivity (Wildman–Crippen MR) is 75.9 cm³/mol. The van der Waals surface area contributed by atoms with Gasteiger partial charge in [0.15, 0.2) is 0 Å². The molecule has 0 amide bonds. The first-order valence-electron chi connectivity index (χ1n) is 5.92. The summed E-state index contributed by atoms with van der Waals surface area (Å²) in [6, 6.07) is 3.77. The lowest BCUT2D eigenvalue weighted by Crippen LogP contribution is -2.07. The maximum absolute atomic E-state index is 6.00. The summed E-state index contributed by atoms with van der Waals surface area (Å²) >= 11 is 6.00. The number of hydrogen-bond donors (Lipinski definition) is 2. The zero-order valence-electron chi connectivity index (χ0n) is 10.4. The third-order valence-electron chi connectivity index (χ3n) is 2.81. The Morgan fingerprint density at radius 3 is 3.00 bits per heavy atom. The van der Waals surface area contributed by atoms with Gasteiger partial charge in [-0.1, -0.05) is 11.6 Å². The minimum absolute atomic E-state index is 0.595. The van der Waals surface area contributed by atoms with E-state index < -0.39 is 0 Å². The van der Waals surface area contributed by atoms with Gasteiger partial charge in [0, 0.05) is 31.2 Å². The van der Waals surface area contributed by atoms with Crippen LogP contribution in [0.3, 0.4) is 0 Å². The van der Waals surface area contributed by atoms with Crippen molar-refractivity contribution in [3.63, 3.8) is 0 Å².